The Morgan fingerprint density at radius 2 is 2.00 bits per heavy atom. The van der Waals surface area contributed by atoms with Crippen LogP contribution in [0.1, 0.15) is 27.3 Å². The van der Waals surface area contributed by atoms with E-state index in [2.05, 4.69) is 20.6 Å². The molecule has 0 aromatic carbocycles. The second kappa shape index (κ2) is 7.72. The van der Waals surface area contributed by atoms with Crippen LogP contribution in [0.25, 0.3) is 0 Å². The number of hydrogen-bond acceptors (Lipinski definition) is 7. The van der Waals surface area contributed by atoms with Crippen molar-refractivity contribution < 1.29 is 22.1 Å². The molecule has 0 saturated heterocycles. The monoisotopic (exact) mass is 426 g/mol. The zero-order chi connectivity index (χ0) is 23.0. The van der Waals surface area contributed by atoms with E-state index in [9.17, 15) is 18.0 Å². The zero-order valence-electron chi connectivity index (χ0n) is 17.6. The van der Waals surface area contributed by atoms with E-state index in [0.717, 1.165) is 25.3 Å². The van der Waals surface area contributed by atoms with Gasteiger partial charge in [-0.15, -0.1) is 0 Å². The molecular formula is C17H18ClN5O4S. The van der Waals surface area contributed by atoms with Crippen molar-refractivity contribution in [3.05, 3.63) is 35.1 Å². The predicted molar refractivity (Wildman–Crippen MR) is 105 cm³/mol. The number of amides is 2. The number of aromatic nitrogens is 2. The Morgan fingerprint density at radius 1 is 1.25 bits per heavy atom. The van der Waals surface area contributed by atoms with E-state index in [1.54, 1.807) is 0 Å². The molecule has 1 saturated carbocycles. The van der Waals surface area contributed by atoms with Gasteiger partial charge in [0.25, 0.3) is 5.91 Å². The standard InChI is InChI=1S/C17H18ClN5O4S/c1-19-17(25)11-8-20-14(23-16(24)9-3-4-9)6-12(11)22-15-13(28(2,26)27)5-10(18)7-21-15/h5-9H,3-4H2,1-2H3,(H,19,25)(H2,20,21,22,23,24)/i1D3. The number of carbonyl (C=O) groups is 2. The summed E-state index contributed by atoms with van der Waals surface area (Å²) in [6.07, 6.45) is 4.77. The molecule has 2 aromatic heterocycles. The molecule has 3 N–H and O–H groups in total. The summed E-state index contributed by atoms with van der Waals surface area (Å²) >= 11 is 5.86. The third kappa shape index (κ3) is 4.57. The van der Waals surface area contributed by atoms with Crippen molar-refractivity contribution >= 4 is 50.6 Å². The molecule has 148 valence electrons. The number of sulfone groups is 1. The zero-order valence-corrected chi connectivity index (χ0v) is 16.2. The van der Waals surface area contributed by atoms with E-state index >= 15 is 0 Å². The van der Waals surface area contributed by atoms with Gasteiger partial charge in [0.2, 0.25) is 5.91 Å². The molecule has 1 fully saturated rings. The molecule has 0 aliphatic heterocycles. The second-order valence-corrected chi connectivity index (χ2v) is 8.65. The largest absolute Gasteiger partial charge is 0.355 e. The molecule has 2 heterocycles. The van der Waals surface area contributed by atoms with Gasteiger partial charge in [0, 0.05) is 41.7 Å². The first kappa shape index (κ1) is 16.3. The minimum absolute atomic E-state index is 0.0115. The molecule has 11 heteroatoms. The highest BCUT2D eigenvalue weighted by atomic mass is 35.5. The Balaban J connectivity index is 2.03. The Morgan fingerprint density at radius 3 is 2.64 bits per heavy atom. The molecule has 0 unspecified atom stereocenters. The lowest BCUT2D eigenvalue weighted by molar-refractivity contribution is -0.117. The van der Waals surface area contributed by atoms with Crippen molar-refractivity contribution in [2.45, 2.75) is 17.7 Å². The maximum absolute atomic E-state index is 12.5. The molecule has 28 heavy (non-hydrogen) atoms. The summed E-state index contributed by atoms with van der Waals surface area (Å²) in [6, 6.07) is 2.47. The SMILES string of the molecule is [2H]C([2H])([2H])NC(=O)c1cnc(NC(=O)C2CC2)cc1Nc1ncc(Cl)cc1S(C)(=O)=O. The number of nitrogens with one attached hydrogen (secondary N) is 3. The predicted octanol–water partition coefficient (Wildman–Crippen LogP) is 1.99. The van der Waals surface area contributed by atoms with Crippen molar-refractivity contribution in [2.24, 2.45) is 5.92 Å². The number of nitrogens with zero attached hydrogens (tertiary/aromatic N) is 2. The van der Waals surface area contributed by atoms with Crippen LogP contribution < -0.4 is 16.0 Å². The number of carbonyl (C=O) groups excluding carboxylic acids is 2. The van der Waals surface area contributed by atoms with Crippen LogP contribution in [-0.2, 0) is 14.6 Å². The van der Waals surface area contributed by atoms with Gasteiger partial charge in [0.05, 0.1) is 16.3 Å². The van der Waals surface area contributed by atoms with Gasteiger partial charge < -0.3 is 16.0 Å². The number of hydrogen-bond donors (Lipinski definition) is 3. The van der Waals surface area contributed by atoms with E-state index in [0.29, 0.717) is 0 Å². The summed E-state index contributed by atoms with van der Waals surface area (Å²) in [6.45, 7) is -2.76. The minimum atomic E-state index is -3.76. The van der Waals surface area contributed by atoms with Crippen molar-refractivity contribution in [1.82, 2.24) is 15.3 Å². The molecule has 0 radical (unpaired) electrons. The van der Waals surface area contributed by atoms with Crippen LogP contribution in [0.15, 0.2) is 29.4 Å². The maximum Gasteiger partial charge on any atom is 0.254 e. The second-order valence-electron chi connectivity index (χ2n) is 6.23. The van der Waals surface area contributed by atoms with Gasteiger partial charge >= 0.3 is 0 Å². The maximum atomic E-state index is 12.5. The van der Waals surface area contributed by atoms with Gasteiger partial charge in [-0.25, -0.2) is 18.4 Å². The summed E-state index contributed by atoms with van der Waals surface area (Å²) in [5, 5.41) is 7.24. The average molecular weight is 427 g/mol. The molecule has 2 amide bonds. The van der Waals surface area contributed by atoms with Gasteiger partial charge in [0.15, 0.2) is 9.84 Å². The van der Waals surface area contributed by atoms with E-state index < -0.39 is 22.7 Å². The summed E-state index contributed by atoms with van der Waals surface area (Å²) in [4.78, 5) is 32.2. The first-order valence-electron chi connectivity index (χ1n) is 9.59. The first-order chi connectivity index (χ1) is 14.3. The molecule has 3 rings (SSSR count). The Kier molecular flexibility index (Phi) is 4.48. The molecule has 1 aliphatic carbocycles. The number of pyridine rings is 2. The Hall–Kier alpha value is -2.72. The van der Waals surface area contributed by atoms with Crippen LogP contribution in [0.3, 0.4) is 0 Å². The topological polar surface area (TPSA) is 130 Å². The molecule has 2 aromatic rings. The van der Waals surface area contributed by atoms with Crippen LogP contribution >= 0.6 is 11.6 Å². The van der Waals surface area contributed by atoms with Crippen molar-refractivity contribution in [3.63, 3.8) is 0 Å². The highest BCUT2D eigenvalue weighted by molar-refractivity contribution is 7.90. The van der Waals surface area contributed by atoms with Gasteiger partial charge in [-0.05, 0) is 18.9 Å². The van der Waals surface area contributed by atoms with Gasteiger partial charge in [0.1, 0.15) is 16.5 Å². The summed E-state index contributed by atoms with van der Waals surface area (Å²) < 4.78 is 46.0. The molecule has 0 atom stereocenters. The lowest BCUT2D eigenvalue weighted by Crippen LogP contribution is -2.21. The van der Waals surface area contributed by atoms with Crippen molar-refractivity contribution in [3.8, 4) is 0 Å². The first-order valence-corrected chi connectivity index (χ1v) is 10.4. The van der Waals surface area contributed by atoms with Crippen LogP contribution in [0.5, 0.6) is 0 Å². The third-order valence-corrected chi connectivity index (χ3v) is 5.25. The summed E-state index contributed by atoms with van der Waals surface area (Å²) in [5.41, 5.74) is -0.209. The quantitative estimate of drug-likeness (QED) is 0.643. The molecule has 0 bridgehead atoms. The van der Waals surface area contributed by atoms with E-state index in [4.69, 9.17) is 15.7 Å². The normalized spacial score (nSPS) is 15.7. The van der Waals surface area contributed by atoms with Gasteiger partial charge in [-0.2, -0.15) is 0 Å². The fourth-order valence-corrected chi connectivity index (χ4v) is 3.39. The van der Waals surface area contributed by atoms with E-state index in [-0.39, 0.29) is 44.6 Å². The lowest BCUT2D eigenvalue weighted by Gasteiger charge is -2.14. The molecule has 0 spiro atoms. The summed E-state index contributed by atoms with van der Waals surface area (Å²) in [5.74, 6) is -1.36. The Labute approximate surface area is 171 Å². The highest BCUT2D eigenvalue weighted by Crippen LogP contribution is 2.31. The highest BCUT2D eigenvalue weighted by Gasteiger charge is 2.30. The molecular weight excluding hydrogens is 406 g/mol. The fourth-order valence-electron chi connectivity index (χ4n) is 2.37. The lowest BCUT2D eigenvalue weighted by atomic mass is 10.2. The Bertz CT molecular complexity index is 1150. The third-order valence-electron chi connectivity index (χ3n) is 3.93. The van der Waals surface area contributed by atoms with Crippen LogP contribution in [0.4, 0.5) is 17.3 Å². The van der Waals surface area contributed by atoms with Crippen LogP contribution in [0.2, 0.25) is 5.02 Å². The van der Waals surface area contributed by atoms with Crippen molar-refractivity contribution in [1.29, 1.82) is 0 Å². The molecule has 1 aliphatic rings. The summed E-state index contributed by atoms with van der Waals surface area (Å²) in [7, 11) is -3.76. The average Bonchev–Trinajstić information content (AvgIpc) is 3.46. The van der Waals surface area contributed by atoms with Crippen LogP contribution in [-0.4, -0.2) is 43.4 Å². The van der Waals surface area contributed by atoms with E-state index in [1.165, 1.54) is 18.3 Å². The minimum Gasteiger partial charge on any atom is -0.355 e. The van der Waals surface area contributed by atoms with Gasteiger partial charge in [-0.3, -0.25) is 9.59 Å². The number of rotatable bonds is 6. The number of halogens is 1. The van der Waals surface area contributed by atoms with E-state index in [1.807, 2.05) is 5.32 Å². The smallest absolute Gasteiger partial charge is 0.254 e. The number of anilines is 3. The van der Waals surface area contributed by atoms with Crippen molar-refractivity contribution in [2.75, 3.05) is 23.9 Å². The van der Waals surface area contributed by atoms with Crippen LogP contribution in [0, 0.1) is 5.92 Å². The molecule has 9 nitrogen and oxygen atoms in total. The van der Waals surface area contributed by atoms with Gasteiger partial charge in [-0.1, -0.05) is 11.6 Å². The fraction of sp³-hybridized carbons (Fsp3) is 0.294.